The third-order valence-corrected chi connectivity index (χ3v) is 9.74. The molecule has 2 aromatic carbocycles. The van der Waals surface area contributed by atoms with Crippen LogP contribution in [0.25, 0.3) is 0 Å². The van der Waals surface area contributed by atoms with Gasteiger partial charge < -0.3 is 14.1 Å². The lowest BCUT2D eigenvalue weighted by Crippen LogP contribution is -2.62. The van der Waals surface area contributed by atoms with E-state index < -0.39 is 22.0 Å². The molecule has 0 bridgehead atoms. The van der Waals surface area contributed by atoms with E-state index in [9.17, 15) is 14.0 Å². The molecule has 3 aliphatic heterocycles. The molecule has 3 aromatic rings. The number of anilines is 1. The van der Waals surface area contributed by atoms with Gasteiger partial charge in [-0.25, -0.2) is 4.39 Å². The number of likely N-dealkylation sites (N-methyl/N-ethyl adjacent to an activating group) is 2. The minimum atomic E-state index is -1.48. The van der Waals surface area contributed by atoms with Gasteiger partial charge in [0.25, 0.3) is 5.91 Å². The first-order valence-corrected chi connectivity index (χ1v) is 13.0. The standard InChI is InChI=1S/C27H24FN3O4S2/c1-29-15-21(16-6-4-7-18(12-16)34-3)27(24(33)31(25(36)37-27)14-19-8-5-11-35-19)26(29)20-13-17(28)9-10-22(20)30(2)23(26)32/h4-13,21H,14-15H2,1-3H3/t21-,26+,27-/m0/s1. The summed E-state index contributed by atoms with van der Waals surface area (Å²) >= 11 is 7.00. The van der Waals surface area contributed by atoms with Crippen LogP contribution in [0.15, 0.2) is 65.3 Å². The summed E-state index contributed by atoms with van der Waals surface area (Å²) in [6.45, 7) is 0.517. The predicted octanol–water partition coefficient (Wildman–Crippen LogP) is 4.13. The predicted molar refractivity (Wildman–Crippen MR) is 142 cm³/mol. The largest absolute Gasteiger partial charge is 0.497 e. The summed E-state index contributed by atoms with van der Waals surface area (Å²) in [6, 6.07) is 15.4. The number of hydrogen-bond donors (Lipinski definition) is 0. The van der Waals surface area contributed by atoms with Crippen LogP contribution in [0.3, 0.4) is 0 Å². The number of nitrogens with zero attached hydrogens (tertiary/aromatic N) is 3. The van der Waals surface area contributed by atoms with Gasteiger partial charge in [0.1, 0.15) is 26.4 Å². The molecule has 0 radical (unpaired) electrons. The molecule has 37 heavy (non-hydrogen) atoms. The number of carbonyl (C=O) groups is 2. The Balaban J connectivity index is 1.62. The van der Waals surface area contributed by atoms with Crippen LogP contribution in [0.4, 0.5) is 10.1 Å². The highest BCUT2D eigenvalue weighted by Crippen LogP contribution is 2.66. The maximum absolute atomic E-state index is 14.8. The van der Waals surface area contributed by atoms with Gasteiger partial charge in [-0.05, 0) is 55.1 Å². The van der Waals surface area contributed by atoms with E-state index in [1.807, 2.05) is 36.2 Å². The minimum Gasteiger partial charge on any atom is -0.497 e. The Labute approximate surface area is 223 Å². The van der Waals surface area contributed by atoms with Gasteiger partial charge in [0, 0.05) is 30.8 Å². The van der Waals surface area contributed by atoms with Gasteiger partial charge in [0.05, 0.1) is 19.9 Å². The molecule has 10 heteroatoms. The number of benzene rings is 2. The number of thioether (sulfide) groups is 1. The van der Waals surface area contributed by atoms with Crippen molar-refractivity contribution in [1.29, 1.82) is 0 Å². The average molecular weight is 538 g/mol. The third kappa shape index (κ3) is 3.06. The number of amides is 2. The second kappa shape index (κ2) is 8.41. The fourth-order valence-electron chi connectivity index (χ4n) is 6.22. The van der Waals surface area contributed by atoms with E-state index in [0.717, 1.165) is 5.56 Å². The zero-order valence-electron chi connectivity index (χ0n) is 20.4. The number of likely N-dealkylation sites (tertiary alicyclic amines) is 1. The molecule has 0 N–H and O–H groups in total. The summed E-state index contributed by atoms with van der Waals surface area (Å²) in [7, 11) is 5.07. The Morgan fingerprint density at radius 2 is 1.95 bits per heavy atom. The molecule has 3 aliphatic rings. The summed E-state index contributed by atoms with van der Waals surface area (Å²) < 4.78 is 24.7. The Kier molecular flexibility index (Phi) is 5.48. The van der Waals surface area contributed by atoms with E-state index >= 15 is 0 Å². The van der Waals surface area contributed by atoms with Crippen LogP contribution in [0, 0.1) is 5.82 Å². The smallest absolute Gasteiger partial charge is 0.254 e. The fourth-order valence-corrected chi connectivity index (χ4v) is 8.35. The van der Waals surface area contributed by atoms with Crippen LogP contribution in [0.1, 0.15) is 22.8 Å². The maximum atomic E-state index is 14.8. The van der Waals surface area contributed by atoms with Gasteiger partial charge in [0.2, 0.25) is 5.91 Å². The highest BCUT2D eigenvalue weighted by Gasteiger charge is 2.78. The molecule has 0 unspecified atom stereocenters. The van der Waals surface area contributed by atoms with Crippen LogP contribution < -0.4 is 9.64 Å². The van der Waals surface area contributed by atoms with Crippen molar-refractivity contribution in [1.82, 2.24) is 9.80 Å². The van der Waals surface area contributed by atoms with Crippen LogP contribution in [-0.2, 0) is 21.7 Å². The summed E-state index contributed by atoms with van der Waals surface area (Å²) in [6.07, 6.45) is 1.54. The summed E-state index contributed by atoms with van der Waals surface area (Å²) in [4.78, 5) is 34.0. The van der Waals surface area contributed by atoms with Crippen LogP contribution in [0.5, 0.6) is 5.75 Å². The maximum Gasteiger partial charge on any atom is 0.254 e. The minimum absolute atomic E-state index is 0.143. The first-order chi connectivity index (χ1) is 17.8. The molecule has 0 saturated carbocycles. The normalized spacial score (nSPS) is 27.2. The van der Waals surface area contributed by atoms with E-state index in [0.29, 0.717) is 33.6 Å². The summed E-state index contributed by atoms with van der Waals surface area (Å²) in [5.74, 6) is -0.285. The quantitative estimate of drug-likeness (QED) is 0.464. The van der Waals surface area contributed by atoms with Gasteiger partial charge in [0.15, 0.2) is 5.54 Å². The molecule has 190 valence electrons. The van der Waals surface area contributed by atoms with Crippen molar-refractivity contribution >= 4 is 45.8 Å². The van der Waals surface area contributed by atoms with E-state index in [4.69, 9.17) is 21.4 Å². The number of rotatable bonds is 4. The molecule has 2 saturated heterocycles. The van der Waals surface area contributed by atoms with Gasteiger partial charge >= 0.3 is 0 Å². The first kappa shape index (κ1) is 24.1. The van der Waals surface area contributed by atoms with Crippen molar-refractivity contribution in [3.63, 3.8) is 0 Å². The van der Waals surface area contributed by atoms with Crippen molar-refractivity contribution in [2.45, 2.75) is 22.7 Å². The van der Waals surface area contributed by atoms with Crippen molar-refractivity contribution in [2.75, 3.05) is 32.6 Å². The molecule has 0 aliphatic carbocycles. The van der Waals surface area contributed by atoms with Crippen LogP contribution in [0.2, 0.25) is 0 Å². The van der Waals surface area contributed by atoms with E-state index in [-0.39, 0.29) is 18.4 Å². The molecule has 7 nitrogen and oxygen atoms in total. The van der Waals surface area contributed by atoms with Crippen molar-refractivity contribution in [2.24, 2.45) is 0 Å². The van der Waals surface area contributed by atoms with Crippen LogP contribution >= 0.6 is 24.0 Å². The van der Waals surface area contributed by atoms with E-state index in [1.54, 1.807) is 38.6 Å². The van der Waals surface area contributed by atoms with Gasteiger partial charge in [-0.15, -0.1) is 0 Å². The molecule has 2 fully saturated rings. The molecular formula is C27H24FN3O4S2. The van der Waals surface area contributed by atoms with E-state index in [2.05, 4.69) is 0 Å². The summed E-state index contributed by atoms with van der Waals surface area (Å²) in [5, 5.41) is 0. The SMILES string of the molecule is COc1cccc([C@@H]2CN(C)[C@]3(C(=O)N(C)c4ccc(F)cc43)[C@]23SC(=S)N(Cc2ccco2)C3=O)c1. The zero-order valence-corrected chi connectivity index (χ0v) is 22.1. The number of carbonyl (C=O) groups excluding carboxylic acids is 2. The number of methoxy groups -OCH3 is 1. The van der Waals surface area contributed by atoms with Crippen molar-refractivity contribution in [3.05, 3.63) is 83.6 Å². The second-order valence-corrected chi connectivity index (χ2v) is 11.4. The Morgan fingerprint density at radius 1 is 1.14 bits per heavy atom. The monoisotopic (exact) mass is 537 g/mol. The number of furan rings is 1. The highest BCUT2D eigenvalue weighted by molar-refractivity contribution is 8.25. The lowest BCUT2D eigenvalue weighted by molar-refractivity contribution is -0.139. The molecule has 4 heterocycles. The molecule has 3 atom stereocenters. The number of fused-ring (bicyclic) bond motifs is 3. The number of thiocarbonyl (C=S) groups is 1. The fraction of sp³-hybridized carbons (Fsp3) is 0.296. The molecular weight excluding hydrogens is 513 g/mol. The van der Waals surface area contributed by atoms with Gasteiger partial charge in [-0.3, -0.25) is 19.4 Å². The molecule has 1 aromatic heterocycles. The Hall–Kier alpha value is -3.21. The topological polar surface area (TPSA) is 66.2 Å². The number of hydrogen-bond acceptors (Lipinski definition) is 7. The molecule has 2 amide bonds. The van der Waals surface area contributed by atoms with Crippen molar-refractivity contribution < 1.29 is 23.1 Å². The zero-order chi connectivity index (χ0) is 26.1. The average Bonchev–Trinajstić information content (AvgIpc) is 3.61. The van der Waals surface area contributed by atoms with E-state index in [1.165, 1.54) is 33.7 Å². The lowest BCUT2D eigenvalue weighted by atomic mass is 9.72. The number of ether oxygens (including phenoxy) is 1. The van der Waals surface area contributed by atoms with Gasteiger partial charge in [-0.1, -0.05) is 36.1 Å². The third-order valence-electron chi connectivity index (χ3n) is 7.80. The second-order valence-electron chi connectivity index (χ2n) is 9.52. The van der Waals surface area contributed by atoms with Crippen LogP contribution in [-0.4, -0.2) is 58.4 Å². The summed E-state index contributed by atoms with van der Waals surface area (Å²) in [5.41, 5.74) is 0.410. The molecule has 6 rings (SSSR count). The first-order valence-electron chi connectivity index (χ1n) is 11.8. The lowest BCUT2D eigenvalue weighted by Gasteiger charge is -2.42. The van der Waals surface area contributed by atoms with Gasteiger partial charge in [-0.2, -0.15) is 0 Å². The Morgan fingerprint density at radius 3 is 2.68 bits per heavy atom. The van der Waals surface area contributed by atoms with Crippen molar-refractivity contribution in [3.8, 4) is 5.75 Å². The number of halogens is 1. The highest BCUT2D eigenvalue weighted by atomic mass is 32.2. The molecule has 2 spiro atoms. The Bertz CT molecular complexity index is 1450.